The van der Waals surface area contributed by atoms with E-state index < -0.39 is 0 Å². The Bertz CT molecular complexity index is 1290. The highest BCUT2D eigenvalue weighted by Crippen LogP contribution is 2.38. The zero-order valence-corrected chi connectivity index (χ0v) is 19.0. The third-order valence-electron chi connectivity index (χ3n) is 5.63. The molecule has 2 amide bonds. The molecule has 0 atom stereocenters. The zero-order chi connectivity index (χ0) is 22.8. The van der Waals surface area contributed by atoms with Crippen LogP contribution in [-0.2, 0) is 23.1 Å². The Labute approximate surface area is 195 Å². The molecular weight excluding hydrogens is 434 g/mol. The van der Waals surface area contributed by atoms with Gasteiger partial charge in [-0.25, -0.2) is 9.97 Å². The Morgan fingerprint density at radius 1 is 1.12 bits per heavy atom. The summed E-state index contributed by atoms with van der Waals surface area (Å²) < 4.78 is 1.94. The second-order valence-electron chi connectivity index (χ2n) is 7.96. The number of rotatable bonds is 6. The fourth-order valence-corrected chi connectivity index (χ4v) is 5.01. The summed E-state index contributed by atoms with van der Waals surface area (Å²) in [5, 5.41) is 3.48. The molecule has 5 rings (SSSR count). The third kappa shape index (κ3) is 4.42. The van der Waals surface area contributed by atoms with Gasteiger partial charge in [0.1, 0.15) is 0 Å². The molecule has 0 bridgehead atoms. The van der Waals surface area contributed by atoms with Crippen LogP contribution in [0.3, 0.4) is 0 Å². The average molecular weight is 458 g/mol. The number of nitrogens with one attached hydrogen (secondary N) is 1. The monoisotopic (exact) mass is 457 g/mol. The summed E-state index contributed by atoms with van der Waals surface area (Å²) in [5.74, 6) is 0.820. The smallest absolute Gasteiger partial charge is 0.230 e. The second-order valence-corrected chi connectivity index (χ2v) is 8.96. The maximum Gasteiger partial charge on any atom is 0.230 e. The van der Waals surface area contributed by atoms with Crippen molar-refractivity contribution in [3.05, 3.63) is 72.6 Å². The summed E-state index contributed by atoms with van der Waals surface area (Å²) in [6.45, 7) is 0.755. The standard InChI is InChI=1S/C25H23N5O2S/c1-29-15-13-26-24(29)23-22(18-6-3-2-4-7-18)28-25(33-23)27-20(31)16-17-9-11-19(12-10-17)30-14-5-8-21(30)32/h2-4,6-7,9-13,15H,5,8,14,16H2,1H3,(H,27,28,31). The minimum atomic E-state index is -0.139. The van der Waals surface area contributed by atoms with Gasteiger partial charge < -0.3 is 14.8 Å². The van der Waals surface area contributed by atoms with Gasteiger partial charge in [-0.3, -0.25) is 9.59 Å². The first-order valence-electron chi connectivity index (χ1n) is 10.8. The third-order valence-corrected chi connectivity index (χ3v) is 6.60. The van der Waals surface area contributed by atoms with Crippen LogP contribution in [0.4, 0.5) is 10.8 Å². The van der Waals surface area contributed by atoms with Crippen LogP contribution >= 0.6 is 11.3 Å². The Kier molecular flexibility index (Phi) is 5.75. The van der Waals surface area contributed by atoms with E-state index >= 15 is 0 Å². The van der Waals surface area contributed by atoms with Crippen molar-refractivity contribution in [2.45, 2.75) is 19.3 Å². The van der Waals surface area contributed by atoms with E-state index in [0.717, 1.165) is 46.2 Å². The van der Waals surface area contributed by atoms with Gasteiger partial charge in [-0.1, -0.05) is 53.8 Å². The van der Waals surface area contributed by atoms with E-state index in [4.69, 9.17) is 4.98 Å². The summed E-state index contributed by atoms with van der Waals surface area (Å²) in [5.41, 5.74) is 3.53. The molecule has 1 aliphatic rings. The van der Waals surface area contributed by atoms with Gasteiger partial charge in [0.2, 0.25) is 11.8 Å². The number of hydrogen-bond donors (Lipinski definition) is 1. The number of thiazole rings is 1. The number of imidazole rings is 1. The molecule has 1 fully saturated rings. The van der Waals surface area contributed by atoms with E-state index in [2.05, 4.69) is 10.3 Å². The number of hydrogen-bond acceptors (Lipinski definition) is 5. The molecule has 0 saturated carbocycles. The van der Waals surface area contributed by atoms with Crippen molar-refractivity contribution < 1.29 is 9.59 Å². The van der Waals surface area contributed by atoms with Crippen molar-refractivity contribution >= 4 is 34.0 Å². The summed E-state index contributed by atoms with van der Waals surface area (Å²) in [7, 11) is 1.94. The number of carbonyl (C=O) groups is 2. The first-order chi connectivity index (χ1) is 16.1. The second kappa shape index (κ2) is 8.99. The molecule has 4 aromatic rings. The van der Waals surface area contributed by atoms with Crippen LogP contribution in [-0.4, -0.2) is 32.9 Å². The highest BCUT2D eigenvalue weighted by molar-refractivity contribution is 7.19. The summed E-state index contributed by atoms with van der Waals surface area (Å²) in [6.07, 6.45) is 5.36. The topological polar surface area (TPSA) is 80.1 Å². The SMILES string of the molecule is Cn1ccnc1-c1sc(NC(=O)Cc2ccc(N3CCCC3=O)cc2)nc1-c1ccccc1. The van der Waals surface area contributed by atoms with Crippen LogP contribution < -0.4 is 10.2 Å². The zero-order valence-electron chi connectivity index (χ0n) is 18.2. The van der Waals surface area contributed by atoms with Gasteiger partial charge >= 0.3 is 0 Å². The number of aromatic nitrogens is 3. The lowest BCUT2D eigenvalue weighted by Crippen LogP contribution is -2.23. The number of nitrogens with zero attached hydrogens (tertiary/aromatic N) is 4. The van der Waals surface area contributed by atoms with Crippen LogP contribution in [0.15, 0.2) is 67.0 Å². The van der Waals surface area contributed by atoms with Crippen molar-refractivity contribution in [2.24, 2.45) is 7.05 Å². The fourth-order valence-electron chi connectivity index (χ4n) is 3.96. The minimum absolute atomic E-state index is 0.139. The van der Waals surface area contributed by atoms with Crippen molar-refractivity contribution in [3.63, 3.8) is 0 Å². The van der Waals surface area contributed by atoms with Gasteiger partial charge in [0.15, 0.2) is 11.0 Å². The minimum Gasteiger partial charge on any atom is -0.333 e. The Morgan fingerprint density at radius 2 is 1.91 bits per heavy atom. The Morgan fingerprint density at radius 3 is 2.58 bits per heavy atom. The van der Waals surface area contributed by atoms with Gasteiger partial charge in [0, 0.05) is 43.7 Å². The molecule has 1 saturated heterocycles. The highest BCUT2D eigenvalue weighted by Gasteiger charge is 2.22. The molecule has 33 heavy (non-hydrogen) atoms. The van der Waals surface area contributed by atoms with E-state index in [0.29, 0.717) is 11.6 Å². The molecule has 3 heterocycles. The van der Waals surface area contributed by atoms with Crippen LogP contribution in [0.25, 0.3) is 22.0 Å². The number of aryl methyl sites for hydroxylation is 1. The highest BCUT2D eigenvalue weighted by atomic mass is 32.1. The number of carbonyl (C=O) groups excluding carboxylic acids is 2. The molecule has 0 radical (unpaired) electrons. The molecule has 1 N–H and O–H groups in total. The van der Waals surface area contributed by atoms with Gasteiger partial charge in [-0.15, -0.1) is 0 Å². The molecular formula is C25H23N5O2S. The number of amides is 2. The molecule has 8 heteroatoms. The molecule has 0 aliphatic carbocycles. The van der Waals surface area contributed by atoms with E-state index in [1.807, 2.05) is 72.4 Å². The predicted molar refractivity (Wildman–Crippen MR) is 130 cm³/mol. The van der Waals surface area contributed by atoms with Crippen molar-refractivity contribution in [1.82, 2.24) is 14.5 Å². The first kappa shape index (κ1) is 21.1. The van der Waals surface area contributed by atoms with Crippen LogP contribution in [0.2, 0.25) is 0 Å². The first-order valence-corrected chi connectivity index (χ1v) is 11.6. The average Bonchev–Trinajstić information content (AvgIpc) is 3.55. The van der Waals surface area contributed by atoms with E-state index in [-0.39, 0.29) is 18.2 Å². The molecule has 1 aliphatic heterocycles. The van der Waals surface area contributed by atoms with Crippen LogP contribution in [0, 0.1) is 0 Å². The lowest BCUT2D eigenvalue weighted by molar-refractivity contribution is -0.117. The molecule has 2 aromatic heterocycles. The van der Waals surface area contributed by atoms with E-state index in [9.17, 15) is 9.59 Å². The van der Waals surface area contributed by atoms with Gasteiger partial charge in [0.25, 0.3) is 0 Å². The van der Waals surface area contributed by atoms with E-state index in [1.165, 1.54) is 11.3 Å². The lowest BCUT2D eigenvalue weighted by Gasteiger charge is -2.15. The maximum absolute atomic E-state index is 12.8. The van der Waals surface area contributed by atoms with Crippen LogP contribution in [0.1, 0.15) is 18.4 Å². The quantitative estimate of drug-likeness (QED) is 0.462. The molecule has 2 aromatic carbocycles. The normalized spacial score (nSPS) is 13.5. The summed E-state index contributed by atoms with van der Waals surface area (Å²) in [6, 6.07) is 17.5. The van der Waals surface area contributed by atoms with Crippen LogP contribution in [0.5, 0.6) is 0 Å². The Balaban J connectivity index is 1.34. The summed E-state index contributed by atoms with van der Waals surface area (Å²) in [4.78, 5) is 36.6. The van der Waals surface area contributed by atoms with Gasteiger partial charge in [0.05, 0.1) is 17.0 Å². The lowest BCUT2D eigenvalue weighted by atomic mass is 10.1. The van der Waals surface area contributed by atoms with Crippen molar-refractivity contribution in [1.29, 1.82) is 0 Å². The van der Waals surface area contributed by atoms with Crippen molar-refractivity contribution in [2.75, 3.05) is 16.8 Å². The maximum atomic E-state index is 12.8. The summed E-state index contributed by atoms with van der Waals surface area (Å²) >= 11 is 1.41. The molecule has 0 unspecified atom stereocenters. The molecule has 166 valence electrons. The largest absolute Gasteiger partial charge is 0.333 e. The van der Waals surface area contributed by atoms with Gasteiger partial charge in [-0.2, -0.15) is 0 Å². The number of anilines is 2. The Hall–Kier alpha value is -3.78. The van der Waals surface area contributed by atoms with Crippen molar-refractivity contribution in [3.8, 4) is 22.0 Å². The fraction of sp³-hybridized carbons (Fsp3) is 0.200. The molecule has 0 spiro atoms. The van der Waals surface area contributed by atoms with Gasteiger partial charge in [-0.05, 0) is 24.1 Å². The molecule has 7 nitrogen and oxygen atoms in total. The predicted octanol–water partition coefficient (Wildman–Crippen LogP) is 4.52. The van der Waals surface area contributed by atoms with E-state index in [1.54, 1.807) is 11.1 Å². The number of benzene rings is 2.